The number of methoxy groups -OCH3 is 1. The topological polar surface area (TPSA) is 105 Å². The maximum atomic E-state index is 13.5. The van der Waals surface area contributed by atoms with Crippen LogP contribution in [0.4, 0.5) is 5.69 Å². The standard InChI is InChI=1S/C29H31N7O3/c1-3-20-6-11-26-21(17-20)18-25(29(37)30-26)27(28-31-32-33-36(28)19-24-5-4-16-39-24)35-14-12-34(13-15-35)22-7-9-23(38-2)10-8-22/h4-11,16-18,27H,3,12-15,19H2,1-2H3,(H,30,37). The van der Waals surface area contributed by atoms with Gasteiger partial charge in [-0.3, -0.25) is 9.69 Å². The number of hydrogen-bond acceptors (Lipinski definition) is 8. The Labute approximate surface area is 225 Å². The van der Waals surface area contributed by atoms with Gasteiger partial charge in [-0.2, -0.15) is 0 Å². The molecule has 0 amide bonds. The maximum absolute atomic E-state index is 13.5. The lowest BCUT2D eigenvalue weighted by Crippen LogP contribution is -2.49. The molecule has 0 aliphatic carbocycles. The zero-order chi connectivity index (χ0) is 26.8. The molecule has 1 fully saturated rings. The molecule has 6 rings (SSSR count). The first kappa shape index (κ1) is 24.9. The third kappa shape index (κ3) is 5.03. The molecule has 2 aromatic carbocycles. The van der Waals surface area contributed by atoms with Gasteiger partial charge in [-0.25, -0.2) is 4.68 Å². The van der Waals surface area contributed by atoms with Crippen LogP contribution in [0.25, 0.3) is 10.9 Å². The highest BCUT2D eigenvalue weighted by Gasteiger charge is 2.33. The largest absolute Gasteiger partial charge is 0.497 e. The molecule has 0 saturated carbocycles. The summed E-state index contributed by atoms with van der Waals surface area (Å²) < 4.78 is 12.6. The van der Waals surface area contributed by atoms with Crippen LogP contribution < -0.4 is 15.2 Å². The van der Waals surface area contributed by atoms with E-state index in [1.165, 1.54) is 5.56 Å². The summed E-state index contributed by atoms with van der Waals surface area (Å²) in [4.78, 5) is 21.3. The Bertz CT molecular complexity index is 1600. The molecule has 1 aliphatic rings. The highest BCUT2D eigenvalue weighted by Crippen LogP contribution is 2.30. The Hall–Kier alpha value is -4.44. The van der Waals surface area contributed by atoms with Crippen molar-refractivity contribution in [3.8, 4) is 5.75 Å². The van der Waals surface area contributed by atoms with Crippen LogP contribution in [-0.2, 0) is 13.0 Å². The average molecular weight is 526 g/mol. The van der Waals surface area contributed by atoms with Gasteiger partial charge in [0.2, 0.25) is 0 Å². The number of aryl methyl sites for hydroxylation is 1. The molecule has 0 radical (unpaired) electrons. The molecule has 3 aromatic heterocycles. The van der Waals surface area contributed by atoms with Gasteiger partial charge in [0.25, 0.3) is 5.56 Å². The lowest BCUT2D eigenvalue weighted by atomic mass is 10.0. The highest BCUT2D eigenvalue weighted by atomic mass is 16.5. The number of nitrogens with one attached hydrogen (secondary N) is 1. The Morgan fingerprint density at radius 3 is 2.59 bits per heavy atom. The number of pyridine rings is 1. The van der Waals surface area contributed by atoms with Crippen molar-refractivity contribution >= 4 is 16.6 Å². The zero-order valence-electron chi connectivity index (χ0n) is 22.1. The fraction of sp³-hybridized carbons (Fsp3) is 0.310. The van der Waals surface area contributed by atoms with Gasteiger partial charge in [-0.1, -0.05) is 13.0 Å². The van der Waals surface area contributed by atoms with Crippen molar-refractivity contribution in [3.63, 3.8) is 0 Å². The first-order valence-electron chi connectivity index (χ1n) is 13.2. The van der Waals surface area contributed by atoms with Crippen LogP contribution in [0.3, 0.4) is 0 Å². The number of hydrogen-bond donors (Lipinski definition) is 1. The van der Waals surface area contributed by atoms with E-state index in [4.69, 9.17) is 9.15 Å². The number of aromatic nitrogens is 5. The lowest BCUT2D eigenvalue weighted by Gasteiger charge is -2.39. The molecule has 5 aromatic rings. The quantitative estimate of drug-likeness (QED) is 0.327. The molecule has 1 N–H and O–H groups in total. The van der Waals surface area contributed by atoms with E-state index in [0.29, 0.717) is 17.9 Å². The summed E-state index contributed by atoms with van der Waals surface area (Å²) >= 11 is 0. The van der Waals surface area contributed by atoms with Crippen LogP contribution in [0.5, 0.6) is 5.75 Å². The smallest absolute Gasteiger partial charge is 0.253 e. The summed E-state index contributed by atoms with van der Waals surface area (Å²) in [6.07, 6.45) is 2.55. The molecule has 39 heavy (non-hydrogen) atoms. The molecule has 200 valence electrons. The Kier molecular flexibility index (Phi) is 6.85. The van der Waals surface area contributed by atoms with Crippen molar-refractivity contribution in [2.75, 3.05) is 38.2 Å². The molecule has 0 bridgehead atoms. The summed E-state index contributed by atoms with van der Waals surface area (Å²) in [7, 11) is 1.67. The minimum atomic E-state index is -0.425. The van der Waals surface area contributed by atoms with Crippen LogP contribution >= 0.6 is 0 Å². The second-order valence-corrected chi connectivity index (χ2v) is 9.73. The highest BCUT2D eigenvalue weighted by molar-refractivity contribution is 5.80. The predicted octanol–water partition coefficient (Wildman–Crippen LogP) is 3.64. The van der Waals surface area contributed by atoms with Crippen molar-refractivity contribution in [1.29, 1.82) is 0 Å². The summed E-state index contributed by atoms with van der Waals surface area (Å²) in [6, 6.07) is 19.6. The molecular weight excluding hydrogens is 494 g/mol. The number of furan rings is 1. The van der Waals surface area contributed by atoms with E-state index in [1.54, 1.807) is 18.1 Å². The van der Waals surface area contributed by atoms with E-state index in [0.717, 1.165) is 60.7 Å². The first-order chi connectivity index (χ1) is 19.1. The summed E-state index contributed by atoms with van der Waals surface area (Å²) in [5, 5.41) is 13.7. The molecule has 0 spiro atoms. The van der Waals surface area contributed by atoms with Gasteiger partial charge in [-0.05, 0) is 82.4 Å². The molecule has 10 heteroatoms. The van der Waals surface area contributed by atoms with Crippen molar-refractivity contribution in [3.05, 3.63) is 100.0 Å². The van der Waals surface area contributed by atoms with Gasteiger partial charge in [0.15, 0.2) is 5.82 Å². The molecule has 1 saturated heterocycles. The second-order valence-electron chi connectivity index (χ2n) is 9.73. The van der Waals surface area contributed by atoms with Crippen molar-refractivity contribution in [2.45, 2.75) is 25.9 Å². The van der Waals surface area contributed by atoms with E-state index >= 15 is 0 Å². The summed E-state index contributed by atoms with van der Waals surface area (Å²) in [5.74, 6) is 2.19. The number of benzene rings is 2. The zero-order valence-corrected chi connectivity index (χ0v) is 22.1. The fourth-order valence-corrected chi connectivity index (χ4v) is 5.30. The van der Waals surface area contributed by atoms with Crippen LogP contribution in [0, 0.1) is 0 Å². The third-order valence-corrected chi connectivity index (χ3v) is 7.45. The van der Waals surface area contributed by atoms with Crippen molar-refractivity contribution < 1.29 is 9.15 Å². The van der Waals surface area contributed by atoms with E-state index in [-0.39, 0.29) is 5.56 Å². The Morgan fingerprint density at radius 1 is 1.05 bits per heavy atom. The van der Waals surface area contributed by atoms with Gasteiger partial charge in [0, 0.05) is 42.9 Å². The molecule has 10 nitrogen and oxygen atoms in total. The van der Waals surface area contributed by atoms with Crippen LogP contribution in [0.15, 0.2) is 76.1 Å². The van der Waals surface area contributed by atoms with Crippen LogP contribution in [-0.4, -0.2) is 63.4 Å². The normalized spacial score (nSPS) is 15.1. The van der Waals surface area contributed by atoms with E-state index in [1.807, 2.05) is 36.4 Å². The number of fused-ring (bicyclic) bond motifs is 1. The molecule has 1 unspecified atom stereocenters. The number of aromatic amines is 1. The van der Waals surface area contributed by atoms with E-state index < -0.39 is 6.04 Å². The lowest BCUT2D eigenvalue weighted by molar-refractivity contribution is 0.200. The monoisotopic (exact) mass is 525 g/mol. The number of piperazine rings is 1. The van der Waals surface area contributed by atoms with Gasteiger partial charge in [0.1, 0.15) is 24.1 Å². The molecular formula is C29H31N7O3. The van der Waals surface area contributed by atoms with Crippen LogP contribution in [0.1, 0.15) is 35.7 Å². The van der Waals surface area contributed by atoms with Gasteiger partial charge >= 0.3 is 0 Å². The average Bonchev–Trinajstić information content (AvgIpc) is 3.66. The maximum Gasteiger partial charge on any atom is 0.253 e. The Morgan fingerprint density at radius 2 is 1.87 bits per heavy atom. The second kappa shape index (κ2) is 10.7. The van der Waals surface area contributed by atoms with E-state index in [2.05, 4.69) is 61.5 Å². The van der Waals surface area contributed by atoms with E-state index in [9.17, 15) is 4.79 Å². The number of rotatable bonds is 8. The van der Waals surface area contributed by atoms with Gasteiger partial charge in [0.05, 0.1) is 13.4 Å². The first-order valence-corrected chi connectivity index (χ1v) is 13.2. The molecule has 1 atom stereocenters. The summed E-state index contributed by atoms with van der Waals surface area (Å²) in [6.45, 7) is 5.57. The SMILES string of the molecule is CCc1ccc2[nH]c(=O)c(C(c3nnnn3Cc3ccco3)N3CCN(c4ccc(OC)cc4)CC3)cc2c1. The number of nitrogens with zero attached hydrogens (tertiary/aromatic N) is 6. The van der Waals surface area contributed by atoms with Crippen molar-refractivity contribution in [2.24, 2.45) is 0 Å². The van der Waals surface area contributed by atoms with Crippen LogP contribution in [0.2, 0.25) is 0 Å². The predicted molar refractivity (Wildman–Crippen MR) is 148 cm³/mol. The minimum Gasteiger partial charge on any atom is -0.497 e. The minimum absolute atomic E-state index is 0.137. The van der Waals surface area contributed by atoms with Crippen molar-refractivity contribution in [1.82, 2.24) is 30.1 Å². The van der Waals surface area contributed by atoms with Gasteiger partial charge < -0.3 is 19.0 Å². The number of ether oxygens (including phenoxy) is 1. The number of anilines is 1. The Balaban J connectivity index is 1.37. The summed E-state index contributed by atoms with van der Waals surface area (Å²) in [5.41, 5.74) is 3.67. The fourth-order valence-electron chi connectivity index (χ4n) is 5.30. The van der Waals surface area contributed by atoms with Gasteiger partial charge in [-0.15, -0.1) is 5.10 Å². The number of H-pyrrole nitrogens is 1. The molecule has 4 heterocycles. The number of tetrazole rings is 1. The molecule has 1 aliphatic heterocycles. The third-order valence-electron chi connectivity index (χ3n) is 7.45.